The van der Waals surface area contributed by atoms with E-state index in [1.54, 1.807) is 0 Å². The Hall–Kier alpha value is -1.02. The molecule has 2 unspecified atom stereocenters. The van der Waals surface area contributed by atoms with E-state index in [0.717, 1.165) is 25.1 Å². The molecule has 1 N–H and O–H groups in total. The molecule has 17 heavy (non-hydrogen) atoms. The lowest BCUT2D eigenvalue weighted by Crippen LogP contribution is -2.24. The van der Waals surface area contributed by atoms with Crippen LogP contribution in [0.1, 0.15) is 46.1 Å². The van der Waals surface area contributed by atoms with Crippen LogP contribution in [0, 0.1) is 0 Å². The summed E-state index contributed by atoms with van der Waals surface area (Å²) < 4.78 is 5.81. The number of ether oxygens (including phenoxy) is 1. The van der Waals surface area contributed by atoms with Crippen molar-refractivity contribution in [2.75, 3.05) is 0 Å². The average molecular weight is 235 g/mol. The minimum Gasteiger partial charge on any atom is -0.491 e. The molecular weight excluding hydrogens is 210 g/mol. The first kappa shape index (κ1) is 14.0. The Morgan fingerprint density at radius 1 is 1.18 bits per heavy atom. The van der Waals surface area contributed by atoms with Gasteiger partial charge in [-0.05, 0) is 44.4 Å². The van der Waals surface area contributed by atoms with Crippen LogP contribution in [0.3, 0.4) is 0 Å². The Labute approximate surface area is 105 Å². The van der Waals surface area contributed by atoms with Crippen molar-refractivity contribution in [3.63, 3.8) is 0 Å². The highest BCUT2D eigenvalue weighted by Gasteiger charge is 2.03. The lowest BCUT2D eigenvalue weighted by Gasteiger charge is -2.15. The van der Waals surface area contributed by atoms with Crippen LogP contribution >= 0.6 is 0 Å². The van der Waals surface area contributed by atoms with E-state index in [0.29, 0.717) is 6.04 Å². The predicted octanol–water partition coefficient (Wildman–Crippen LogP) is 3.75. The van der Waals surface area contributed by atoms with Crippen LogP contribution in [-0.2, 0) is 6.54 Å². The molecule has 0 aliphatic carbocycles. The second-order valence-corrected chi connectivity index (χ2v) is 4.67. The Kier molecular flexibility index (Phi) is 6.06. The van der Waals surface area contributed by atoms with Crippen molar-refractivity contribution in [2.24, 2.45) is 0 Å². The van der Waals surface area contributed by atoms with Gasteiger partial charge in [0.15, 0.2) is 0 Å². The first-order valence-corrected chi connectivity index (χ1v) is 6.64. The quantitative estimate of drug-likeness (QED) is 0.777. The van der Waals surface area contributed by atoms with E-state index < -0.39 is 0 Å². The lowest BCUT2D eigenvalue weighted by atomic mass is 10.2. The highest BCUT2D eigenvalue weighted by atomic mass is 16.5. The van der Waals surface area contributed by atoms with Gasteiger partial charge in [-0.25, -0.2) is 0 Å². The van der Waals surface area contributed by atoms with Crippen LogP contribution < -0.4 is 10.1 Å². The SMILES string of the molecule is CCC(C)NCc1cccc(OC(C)CC)c1. The highest BCUT2D eigenvalue weighted by molar-refractivity contribution is 5.28. The van der Waals surface area contributed by atoms with Crippen LogP contribution in [0.2, 0.25) is 0 Å². The molecule has 96 valence electrons. The summed E-state index contributed by atoms with van der Waals surface area (Å²) in [5.74, 6) is 0.975. The summed E-state index contributed by atoms with van der Waals surface area (Å²) in [6, 6.07) is 8.92. The molecule has 2 nitrogen and oxygen atoms in total. The molecule has 0 aromatic heterocycles. The van der Waals surface area contributed by atoms with Gasteiger partial charge >= 0.3 is 0 Å². The highest BCUT2D eigenvalue weighted by Crippen LogP contribution is 2.15. The normalized spacial score (nSPS) is 14.4. The van der Waals surface area contributed by atoms with Gasteiger partial charge in [-0.15, -0.1) is 0 Å². The minimum atomic E-state index is 0.285. The monoisotopic (exact) mass is 235 g/mol. The molecule has 0 spiro atoms. The fraction of sp³-hybridized carbons (Fsp3) is 0.600. The second kappa shape index (κ2) is 7.33. The summed E-state index contributed by atoms with van der Waals surface area (Å²) in [5, 5.41) is 3.49. The molecule has 0 amide bonds. The molecule has 0 saturated carbocycles. The molecule has 1 aromatic carbocycles. The van der Waals surface area contributed by atoms with Crippen molar-refractivity contribution in [3.8, 4) is 5.75 Å². The van der Waals surface area contributed by atoms with Gasteiger partial charge in [-0.2, -0.15) is 0 Å². The first-order valence-electron chi connectivity index (χ1n) is 6.64. The van der Waals surface area contributed by atoms with E-state index in [2.05, 4.69) is 51.2 Å². The van der Waals surface area contributed by atoms with Gasteiger partial charge in [0.2, 0.25) is 0 Å². The molecule has 2 atom stereocenters. The zero-order chi connectivity index (χ0) is 12.7. The standard InChI is InChI=1S/C15H25NO/c1-5-12(3)16-11-14-8-7-9-15(10-14)17-13(4)6-2/h7-10,12-13,16H,5-6,11H2,1-4H3. The maximum Gasteiger partial charge on any atom is 0.120 e. The topological polar surface area (TPSA) is 21.3 Å². The van der Waals surface area contributed by atoms with Crippen LogP contribution in [-0.4, -0.2) is 12.1 Å². The number of nitrogens with one attached hydrogen (secondary N) is 1. The molecule has 0 aliphatic rings. The zero-order valence-corrected chi connectivity index (χ0v) is 11.5. The van der Waals surface area contributed by atoms with Gasteiger partial charge in [-0.1, -0.05) is 26.0 Å². The van der Waals surface area contributed by atoms with Crippen molar-refractivity contribution >= 4 is 0 Å². The van der Waals surface area contributed by atoms with Gasteiger partial charge in [0, 0.05) is 12.6 Å². The fourth-order valence-electron chi connectivity index (χ4n) is 1.48. The number of hydrogen-bond acceptors (Lipinski definition) is 2. The second-order valence-electron chi connectivity index (χ2n) is 4.67. The molecule has 0 saturated heterocycles. The van der Waals surface area contributed by atoms with Crippen LogP contribution in [0.25, 0.3) is 0 Å². The third kappa shape index (κ3) is 5.22. The van der Waals surface area contributed by atoms with Crippen LogP contribution in [0.15, 0.2) is 24.3 Å². The smallest absolute Gasteiger partial charge is 0.120 e. The number of hydrogen-bond donors (Lipinski definition) is 1. The van der Waals surface area contributed by atoms with Crippen molar-refractivity contribution < 1.29 is 4.74 Å². The van der Waals surface area contributed by atoms with Gasteiger partial charge < -0.3 is 10.1 Å². The summed E-state index contributed by atoms with van der Waals surface area (Å²) in [4.78, 5) is 0. The minimum absolute atomic E-state index is 0.285. The number of benzene rings is 1. The molecule has 0 heterocycles. The van der Waals surface area contributed by atoms with Gasteiger partial charge in [0.1, 0.15) is 5.75 Å². The Morgan fingerprint density at radius 2 is 1.94 bits per heavy atom. The third-order valence-corrected chi connectivity index (χ3v) is 3.08. The van der Waals surface area contributed by atoms with E-state index in [-0.39, 0.29) is 6.10 Å². The number of rotatable bonds is 7. The summed E-state index contributed by atoms with van der Waals surface area (Å²) in [6.07, 6.45) is 2.48. The van der Waals surface area contributed by atoms with Crippen molar-refractivity contribution in [3.05, 3.63) is 29.8 Å². The zero-order valence-electron chi connectivity index (χ0n) is 11.5. The maximum absolute atomic E-state index is 5.81. The lowest BCUT2D eigenvalue weighted by molar-refractivity contribution is 0.217. The van der Waals surface area contributed by atoms with E-state index in [4.69, 9.17) is 4.74 Å². The van der Waals surface area contributed by atoms with E-state index in [1.807, 2.05) is 6.07 Å². The molecule has 0 bridgehead atoms. The van der Waals surface area contributed by atoms with Crippen molar-refractivity contribution in [1.82, 2.24) is 5.32 Å². The first-order chi connectivity index (χ1) is 8.15. The Balaban J connectivity index is 2.53. The van der Waals surface area contributed by atoms with Crippen LogP contribution in [0.5, 0.6) is 5.75 Å². The van der Waals surface area contributed by atoms with E-state index in [1.165, 1.54) is 5.56 Å². The molecule has 1 aromatic rings. The summed E-state index contributed by atoms with van der Waals surface area (Å²) in [7, 11) is 0. The molecule has 0 fully saturated rings. The van der Waals surface area contributed by atoms with Gasteiger partial charge in [0.25, 0.3) is 0 Å². The maximum atomic E-state index is 5.81. The summed E-state index contributed by atoms with van der Waals surface area (Å²) in [5.41, 5.74) is 1.28. The van der Waals surface area contributed by atoms with Crippen LogP contribution in [0.4, 0.5) is 0 Å². The molecule has 0 radical (unpaired) electrons. The molecule has 0 aliphatic heterocycles. The van der Waals surface area contributed by atoms with Gasteiger partial charge in [-0.3, -0.25) is 0 Å². The third-order valence-electron chi connectivity index (χ3n) is 3.08. The average Bonchev–Trinajstić information content (AvgIpc) is 2.36. The fourth-order valence-corrected chi connectivity index (χ4v) is 1.48. The largest absolute Gasteiger partial charge is 0.491 e. The summed E-state index contributed by atoms with van der Waals surface area (Å²) in [6.45, 7) is 9.55. The van der Waals surface area contributed by atoms with Crippen molar-refractivity contribution in [1.29, 1.82) is 0 Å². The van der Waals surface area contributed by atoms with E-state index >= 15 is 0 Å². The predicted molar refractivity (Wildman–Crippen MR) is 73.4 cm³/mol. The molecule has 1 rings (SSSR count). The Morgan fingerprint density at radius 3 is 2.59 bits per heavy atom. The summed E-state index contributed by atoms with van der Waals surface area (Å²) >= 11 is 0. The van der Waals surface area contributed by atoms with E-state index in [9.17, 15) is 0 Å². The van der Waals surface area contributed by atoms with Gasteiger partial charge in [0.05, 0.1) is 6.10 Å². The Bertz CT molecular complexity index is 324. The van der Waals surface area contributed by atoms with Crippen molar-refractivity contribution in [2.45, 2.75) is 59.2 Å². The molecule has 2 heteroatoms. The molecular formula is C15H25NO.